The second kappa shape index (κ2) is 32.3. The van der Waals surface area contributed by atoms with Crippen LogP contribution in [-0.4, -0.2) is 69.6 Å². The molecule has 84 heavy (non-hydrogen) atoms. The highest BCUT2D eigenvalue weighted by atomic mass is 16.5. The maximum Gasteiger partial charge on any atom is 0.134 e. The number of ether oxygens (including phenoxy) is 7. The van der Waals surface area contributed by atoms with Crippen molar-refractivity contribution < 1.29 is 33.2 Å². The Kier molecular flexibility index (Phi) is 22.8. The first-order valence-electron chi connectivity index (χ1n) is 28.2. The summed E-state index contributed by atoms with van der Waals surface area (Å²) >= 11 is 0. The lowest BCUT2D eigenvalue weighted by Crippen LogP contribution is -2.12. The smallest absolute Gasteiger partial charge is 0.134 e. The molecule has 0 aliphatic heterocycles. The van der Waals surface area contributed by atoms with Gasteiger partial charge < -0.3 is 49.1 Å². The predicted molar refractivity (Wildman–Crippen MR) is 321 cm³/mol. The minimum Gasteiger partial charge on any atom is -0.493 e. The van der Waals surface area contributed by atoms with Gasteiger partial charge in [0, 0.05) is 50.6 Å². The van der Waals surface area contributed by atoms with Crippen molar-refractivity contribution in [3.8, 4) is 40.2 Å². The van der Waals surface area contributed by atoms with E-state index in [0.717, 1.165) is 99.9 Å². The normalized spacial score (nSPS) is 11.0. The fourth-order valence-electron chi connectivity index (χ4n) is 8.84. The van der Waals surface area contributed by atoms with Crippen molar-refractivity contribution in [2.45, 2.75) is 85.8 Å². The van der Waals surface area contributed by atoms with Gasteiger partial charge in [-0.2, -0.15) is 0 Å². The van der Waals surface area contributed by atoms with E-state index >= 15 is 0 Å². The number of hydrogen-bond donors (Lipinski definition) is 3. The van der Waals surface area contributed by atoms with E-state index in [4.69, 9.17) is 38.7 Å². The van der Waals surface area contributed by atoms with Crippen LogP contribution in [0.3, 0.4) is 0 Å². The third kappa shape index (κ3) is 20.5. The first kappa shape index (κ1) is 59.2. The van der Waals surface area contributed by atoms with Gasteiger partial charge in [-0.3, -0.25) is 0 Å². The number of nitrogens with zero attached hydrogens (tertiary/aromatic N) is 9. The van der Waals surface area contributed by atoms with Crippen LogP contribution in [0.25, 0.3) is 10.4 Å². The average molecular weight is 1130 g/mol. The molecule has 0 amide bonds. The number of benzene rings is 7. The van der Waals surface area contributed by atoms with E-state index in [0.29, 0.717) is 85.5 Å². The third-order valence-electron chi connectivity index (χ3n) is 13.2. The molecule has 0 saturated heterocycles. The van der Waals surface area contributed by atoms with Crippen LogP contribution < -0.4 is 49.1 Å². The summed E-state index contributed by atoms with van der Waals surface area (Å²) in [5, 5.41) is 31.0. The van der Waals surface area contributed by atoms with Gasteiger partial charge in [-0.15, -0.1) is 10.2 Å². The minimum atomic E-state index is 0.302. The van der Waals surface area contributed by atoms with Gasteiger partial charge in [0.2, 0.25) is 0 Å². The Labute approximate surface area is 490 Å². The number of aryl methyl sites for hydroxylation is 2. The molecule has 9 rings (SSSR count). The second-order valence-corrected chi connectivity index (χ2v) is 20.1. The number of aromatic nitrogens is 6. The lowest BCUT2D eigenvalue weighted by molar-refractivity contribution is 0.247. The summed E-state index contributed by atoms with van der Waals surface area (Å²) in [5.74, 6) is 5.64. The third-order valence-corrected chi connectivity index (χ3v) is 13.2. The number of rotatable bonds is 36. The fraction of sp³-hybridized carbons (Fsp3) is 0.292. The molecule has 0 aliphatic carbocycles. The van der Waals surface area contributed by atoms with Gasteiger partial charge in [-0.05, 0) is 149 Å². The van der Waals surface area contributed by atoms with Gasteiger partial charge in [0.1, 0.15) is 78.1 Å². The van der Waals surface area contributed by atoms with Crippen molar-refractivity contribution in [3.63, 3.8) is 0 Å². The number of azide groups is 1. The number of nitrogens with one attached hydrogen (secondary N) is 3. The maximum atomic E-state index is 8.37. The van der Waals surface area contributed by atoms with Crippen molar-refractivity contribution in [2.75, 3.05) is 39.6 Å². The minimum absolute atomic E-state index is 0.302. The molecule has 0 aliphatic rings. The summed E-state index contributed by atoms with van der Waals surface area (Å²) in [4.78, 5) is 2.73. The maximum absolute atomic E-state index is 8.37. The summed E-state index contributed by atoms with van der Waals surface area (Å²) < 4.78 is 44.9. The molecule has 7 aromatic carbocycles. The molecule has 2 aromatic heterocycles. The van der Waals surface area contributed by atoms with Crippen LogP contribution in [0.15, 0.2) is 181 Å². The molecule has 2 heterocycles. The highest BCUT2D eigenvalue weighted by Crippen LogP contribution is 2.21. The Hall–Kier alpha value is -9.39. The molecule has 0 fully saturated rings. The first-order chi connectivity index (χ1) is 41.3. The van der Waals surface area contributed by atoms with Crippen LogP contribution in [0.1, 0.15) is 62.3 Å². The van der Waals surface area contributed by atoms with Gasteiger partial charge in [0.25, 0.3) is 0 Å². The van der Waals surface area contributed by atoms with Crippen molar-refractivity contribution in [2.24, 2.45) is 5.11 Å². The zero-order chi connectivity index (χ0) is 57.8. The summed E-state index contributed by atoms with van der Waals surface area (Å²) in [6, 6.07) is 54.7. The Morgan fingerprint density at radius 2 is 0.702 bits per heavy atom. The molecule has 9 aromatic rings. The highest BCUT2D eigenvalue weighted by molar-refractivity contribution is 5.34. The Morgan fingerprint density at radius 3 is 1.05 bits per heavy atom. The van der Waals surface area contributed by atoms with Crippen LogP contribution in [0, 0.1) is 13.8 Å². The Morgan fingerprint density at radius 1 is 0.393 bits per heavy atom. The SMILES string of the molecule is Cc1cc(C)cc(OCCCOc2ccc(CNCc3ccc(OCCn4cc(COc5ccc(CNCc6ccc(OCCn7cc(COc8ccc(CNCc9ccc(OCCN=[N+]=[N-])cc9)cc8)nn7)cc6)cc5)nn4)cc3)cc2)c1. The van der Waals surface area contributed by atoms with Crippen LogP contribution in [0.4, 0.5) is 0 Å². The molecule has 0 spiro atoms. The van der Waals surface area contributed by atoms with Gasteiger partial charge >= 0.3 is 0 Å². The Bertz CT molecular complexity index is 3390. The highest BCUT2D eigenvalue weighted by Gasteiger charge is 2.08. The molecular weight excluding hydrogens is 1060 g/mol. The lowest BCUT2D eigenvalue weighted by atomic mass is 10.1. The second-order valence-electron chi connectivity index (χ2n) is 20.1. The van der Waals surface area contributed by atoms with E-state index in [2.05, 4.69) is 127 Å². The molecular formula is C65H72N12O7. The quantitative estimate of drug-likeness (QED) is 0.0144. The van der Waals surface area contributed by atoms with E-state index in [-0.39, 0.29) is 0 Å². The fourth-order valence-corrected chi connectivity index (χ4v) is 8.84. The Balaban J connectivity index is 0.575. The van der Waals surface area contributed by atoms with Gasteiger partial charge in [-0.25, -0.2) is 9.36 Å². The largest absolute Gasteiger partial charge is 0.493 e. The molecule has 0 bridgehead atoms. The summed E-state index contributed by atoms with van der Waals surface area (Å²) in [6.45, 7) is 13.1. The van der Waals surface area contributed by atoms with E-state index in [1.807, 2.05) is 109 Å². The molecule has 3 N–H and O–H groups in total. The average Bonchev–Trinajstić information content (AvgIpc) is 4.23. The molecule has 0 atom stereocenters. The lowest BCUT2D eigenvalue weighted by Gasteiger charge is -2.10. The number of hydrogen-bond acceptors (Lipinski definition) is 15. The van der Waals surface area contributed by atoms with E-state index in [1.54, 1.807) is 9.36 Å². The molecule has 0 saturated carbocycles. The molecule has 19 nitrogen and oxygen atoms in total. The van der Waals surface area contributed by atoms with Gasteiger partial charge in [-0.1, -0.05) is 94.4 Å². The van der Waals surface area contributed by atoms with E-state index in [1.165, 1.54) is 22.3 Å². The zero-order valence-corrected chi connectivity index (χ0v) is 47.6. The van der Waals surface area contributed by atoms with Crippen LogP contribution in [0.2, 0.25) is 0 Å². The van der Waals surface area contributed by atoms with Crippen LogP contribution in [0.5, 0.6) is 40.2 Å². The first-order valence-corrected chi connectivity index (χ1v) is 28.2. The topological polar surface area (TPSA) is 211 Å². The van der Waals surface area contributed by atoms with Crippen molar-refractivity contribution in [3.05, 3.63) is 243 Å². The molecule has 0 radical (unpaired) electrons. The molecule has 19 heteroatoms. The predicted octanol–water partition coefficient (Wildman–Crippen LogP) is 11.2. The van der Waals surface area contributed by atoms with Crippen molar-refractivity contribution in [1.29, 1.82) is 0 Å². The van der Waals surface area contributed by atoms with Crippen LogP contribution in [-0.2, 0) is 65.6 Å². The van der Waals surface area contributed by atoms with Gasteiger partial charge in [0.15, 0.2) is 0 Å². The van der Waals surface area contributed by atoms with E-state index < -0.39 is 0 Å². The molecule has 434 valence electrons. The monoisotopic (exact) mass is 1130 g/mol. The van der Waals surface area contributed by atoms with Crippen molar-refractivity contribution in [1.82, 2.24) is 45.9 Å². The summed E-state index contributed by atoms with van der Waals surface area (Å²) in [5.41, 5.74) is 19.2. The summed E-state index contributed by atoms with van der Waals surface area (Å²) in [7, 11) is 0. The van der Waals surface area contributed by atoms with E-state index in [9.17, 15) is 0 Å². The van der Waals surface area contributed by atoms with Crippen LogP contribution >= 0.6 is 0 Å². The van der Waals surface area contributed by atoms with Crippen molar-refractivity contribution >= 4 is 0 Å². The summed E-state index contributed by atoms with van der Waals surface area (Å²) in [6.07, 6.45) is 4.57. The standard InChI is InChI=1S/C65H72N12O7/c1-49-36-50(2)38-65(37-49)79-32-3-31-78-59-16-4-51(5-17-59)39-67-41-53-8-20-61(21-9-53)81-34-29-76-46-58(72-74-76)48-84-64-26-14-56(15-27-64)44-69-42-54-10-22-62(23-11-54)82-35-30-77-45-57(71-75-77)47-83-63-24-12-55(13-25-63)43-68-40-52-6-18-60(19-7-52)80-33-28-70-73-66/h4-27,36-38,45-46,67-69H,3,28-35,39-44,47-48H2,1-2H3. The zero-order valence-electron chi connectivity index (χ0n) is 47.6. The molecule has 0 unspecified atom stereocenters. The van der Waals surface area contributed by atoms with Gasteiger partial charge in [0.05, 0.1) is 51.8 Å².